The summed E-state index contributed by atoms with van der Waals surface area (Å²) in [6.07, 6.45) is 14.1. The zero-order valence-electron chi connectivity index (χ0n) is 11.0. The van der Waals surface area contributed by atoms with E-state index in [9.17, 15) is 4.79 Å². The molecule has 96 valence electrons. The number of hydrogen-bond donors (Lipinski definition) is 0. The lowest BCUT2D eigenvalue weighted by molar-refractivity contribution is -0.129. The summed E-state index contributed by atoms with van der Waals surface area (Å²) < 4.78 is 0. The molecule has 0 aromatic carbocycles. The Morgan fingerprint density at radius 3 is 3.00 bits per heavy atom. The first-order chi connectivity index (χ1) is 8.77. The van der Waals surface area contributed by atoms with E-state index in [1.54, 1.807) is 0 Å². The minimum Gasteiger partial charge on any atom is -0.312 e. The van der Waals surface area contributed by atoms with Crippen LogP contribution in [0.4, 0.5) is 0 Å². The van der Waals surface area contributed by atoms with Gasteiger partial charge in [-0.2, -0.15) is 0 Å². The molecule has 1 heterocycles. The summed E-state index contributed by atoms with van der Waals surface area (Å²) in [5, 5.41) is 0. The van der Waals surface area contributed by atoms with Gasteiger partial charge < -0.3 is 4.90 Å². The molecule has 18 heavy (non-hydrogen) atoms. The second kappa shape index (κ2) is 5.91. The lowest BCUT2D eigenvalue weighted by atomic mass is 9.78. The maximum absolute atomic E-state index is 12.0. The van der Waals surface area contributed by atoms with Crippen LogP contribution in [0, 0.1) is 18.3 Å². The molecule has 0 saturated heterocycles. The number of rotatable bonds is 4. The lowest BCUT2D eigenvalue weighted by Gasteiger charge is -2.38. The van der Waals surface area contributed by atoms with E-state index in [1.165, 1.54) is 24.1 Å². The Labute approximate surface area is 110 Å². The Kier molecular flexibility index (Phi) is 4.25. The van der Waals surface area contributed by atoms with Gasteiger partial charge in [-0.25, -0.2) is 0 Å². The third-order valence-corrected chi connectivity index (χ3v) is 4.01. The highest BCUT2D eigenvalue weighted by molar-refractivity contribution is 5.80. The van der Waals surface area contributed by atoms with Crippen molar-refractivity contribution < 1.29 is 4.79 Å². The van der Waals surface area contributed by atoms with Crippen LogP contribution in [0.25, 0.3) is 0 Å². The van der Waals surface area contributed by atoms with Crippen LogP contribution in [0.15, 0.2) is 23.9 Å². The highest BCUT2D eigenvalue weighted by Crippen LogP contribution is 2.40. The predicted molar refractivity (Wildman–Crippen MR) is 73.6 cm³/mol. The molecule has 1 unspecified atom stereocenters. The smallest absolute Gasteiger partial charge is 0.227 e. The summed E-state index contributed by atoms with van der Waals surface area (Å²) in [6.45, 7) is 4.40. The second-order valence-electron chi connectivity index (χ2n) is 5.10. The minimum absolute atomic E-state index is 0.256. The molecule has 1 atom stereocenters. The van der Waals surface area contributed by atoms with Gasteiger partial charge in [-0.3, -0.25) is 4.79 Å². The summed E-state index contributed by atoms with van der Waals surface area (Å²) in [5.41, 5.74) is 2.78. The number of carbonyl (C=O) groups excluding carboxylic acids is 1. The van der Waals surface area contributed by atoms with Crippen LogP contribution < -0.4 is 0 Å². The Morgan fingerprint density at radius 2 is 2.28 bits per heavy atom. The van der Waals surface area contributed by atoms with Crippen molar-refractivity contribution in [2.24, 2.45) is 5.92 Å². The first-order valence-electron chi connectivity index (χ1n) is 6.84. The van der Waals surface area contributed by atoms with Crippen LogP contribution in [-0.4, -0.2) is 17.4 Å². The Bertz CT molecular complexity index is 413. The monoisotopic (exact) mass is 243 g/mol. The molecule has 1 aliphatic carbocycles. The van der Waals surface area contributed by atoms with Gasteiger partial charge in [0.1, 0.15) is 0 Å². The van der Waals surface area contributed by atoms with E-state index >= 15 is 0 Å². The Balaban J connectivity index is 2.22. The van der Waals surface area contributed by atoms with Gasteiger partial charge in [0.05, 0.1) is 0 Å². The molecule has 0 bridgehead atoms. The molecule has 1 aliphatic heterocycles. The molecule has 0 N–H and O–H groups in total. The average Bonchev–Trinajstić information content (AvgIpc) is 2.39. The molecular formula is C16H21NO. The van der Waals surface area contributed by atoms with Gasteiger partial charge in [0.25, 0.3) is 0 Å². The zero-order chi connectivity index (χ0) is 13.0. The standard InChI is InChI=1S/C16H21NO/c1-3-5-7-13-8-6-9-15-14(13)10-11-16(18)17(15)12-4-2/h1,4,13H,2,5-12H2. The maximum atomic E-state index is 12.0. The summed E-state index contributed by atoms with van der Waals surface area (Å²) in [6, 6.07) is 0. The van der Waals surface area contributed by atoms with Crippen molar-refractivity contribution in [2.75, 3.05) is 6.54 Å². The first kappa shape index (κ1) is 13.0. The maximum Gasteiger partial charge on any atom is 0.227 e. The minimum atomic E-state index is 0.256. The van der Waals surface area contributed by atoms with Crippen molar-refractivity contribution in [1.29, 1.82) is 0 Å². The van der Waals surface area contributed by atoms with E-state index in [2.05, 4.69) is 12.5 Å². The fourth-order valence-corrected chi connectivity index (χ4v) is 3.19. The van der Waals surface area contributed by atoms with Crippen molar-refractivity contribution in [2.45, 2.75) is 44.9 Å². The van der Waals surface area contributed by atoms with Crippen molar-refractivity contribution in [3.05, 3.63) is 23.9 Å². The summed E-state index contributed by atoms with van der Waals surface area (Å²) in [5.74, 6) is 3.59. The van der Waals surface area contributed by atoms with Crippen LogP contribution in [0.5, 0.6) is 0 Å². The first-order valence-corrected chi connectivity index (χ1v) is 6.84. The number of nitrogens with zero attached hydrogens (tertiary/aromatic N) is 1. The molecule has 0 radical (unpaired) electrons. The van der Waals surface area contributed by atoms with E-state index < -0.39 is 0 Å². The fraction of sp³-hybridized carbons (Fsp3) is 0.562. The molecule has 2 nitrogen and oxygen atoms in total. The largest absolute Gasteiger partial charge is 0.312 e. The number of amides is 1. The lowest BCUT2D eigenvalue weighted by Crippen LogP contribution is -2.37. The Hall–Kier alpha value is -1.49. The fourth-order valence-electron chi connectivity index (χ4n) is 3.19. The molecule has 2 heteroatoms. The summed E-state index contributed by atoms with van der Waals surface area (Å²) in [4.78, 5) is 13.9. The van der Waals surface area contributed by atoms with E-state index in [0.29, 0.717) is 18.9 Å². The van der Waals surface area contributed by atoms with Gasteiger partial charge in [-0.05, 0) is 43.6 Å². The molecule has 2 aliphatic rings. The van der Waals surface area contributed by atoms with Crippen molar-refractivity contribution in [3.8, 4) is 12.3 Å². The molecule has 0 aromatic rings. The molecule has 1 amide bonds. The highest BCUT2D eigenvalue weighted by atomic mass is 16.2. The van der Waals surface area contributed by atoms with Gasteiger partial charge in [-0.15, -0.1) is 18.9 Å². The quantitative estimate of drug-likeness (QED) is 0.548. The number of terminal acetylenes is 1. The van der Waals surface area contributed by atoms with E-state index in [1.807, 2.05) is 11.0 Å². The van der Waals surface area contributed by atoms with E-state index in [0.717, 1.165) is 25.7 Å². The number of hydrogen-bond acceptors (Lipinski definition) is 1. The van der Waals surface area contributed by atoms with Crippen LogP contribution >= 0.6 is 0 Å². The van der Waals surface area contributed by atoms with E-state index in [-0.39, 0.29) is 5.91 Å². The van der Waals surface area contributed by atoms with Crippen molar-refractivity contribution in [3.63, 3.8) is 0 Å². The average molecular weight is 243 g/mol. The third kappa shape index (κ3) is 2.51. The molecule has 2 rings (SSSR count). The molecule has 0 fully saturated rings. The topological polar surface area (TPSA) is 20.3 Å². The SMILES string of the molecule is C#CCCC1CCCC2=C1CCC(=O)N2CC=C. The second-order valence-corrected chi connectivity index (χ2v) is 5.10. The zero-order valence-corrected chi connectivity index (χ0v) is 11.0. The van der Waals surface area contributed by atoms with Gasteiger partial charge in [-0.1, -0.05) is 6.08 Å². The van der Waals surface area contributed by atoms with Gasteiger partial charge in [0.15, 0.2) is 0 Å². The summed E-state index contributed by atoms with van der Waals surface area (Å²) in [7, 11) is 0. The normalized spacial score (nSPS) is 23.6. The van der Waals surface area contributed by atoms with Gasteiger partial charge >= 0.3 is 0 Å². The third-order valence-electron chi connectivity index (χ3n) is 4.01. The highest BCUT2D eigenvalue weighted by Gasteiger charge is 2.31. The van der Waals surface area contributed by atoms with Gasteiger partial charge in [0, 0.05) is 25.1 Å². The van der Waals surface area contributed by atoms with Crippen molar-refractivity contribution in [1.82, 2.24) is 4.90 Å². The summed E-state index contributed by atoms with van der Waals surface area (Å²) >= 11 is 0. The van der Waals surface area contributed by atoms with Crippen LogP contribution in [0.2, 0.25) is 0 Å². The van der Waals surface area contributed by atoms with Gasteiger partial charge in [0.2, 0.25) is 5.91 Å². The van der Waals surface area contributed by atoms with Crippen LogP contribution in [0.3, 0.4) is 0 Å². The number of carbonyl (C=O) groups is 1. The molecule has 0 saturated carbocycles. The predicted octanol–water partition coefficient (Wildman–Crippen LogP) is 3.26. The molecular weight excluding hydrogens is 222 g/mol. The Morgan fingerprint density at radius 1 is 1.44 bits per heavy atom. The molecule has 0 spiro atoms. The van der Waals surface area contributed by atoms with Crippen LogP contribution in [0.1, 0.15) is 44.9 Å². The number of allylic oxidation sites excluding steroid dienone is 2. The van der Waals surface area contributed by atoms with Crippen LogP contribution in [-0.2, 0) is 4.79 Å². The van der Waals surface area contributed by atoms with E-state index in [4.69, 9.17) is 6.42 Å². The molecule has 0 aromatic heterocycles. The van der Waals surface area contributed by atoms with Crippen molar-refractivity contribution >= 4 is 5.91 Å².